The van der Waals surface area contributed by atoms with Gasteiger partial charge in [-0.15, -0.1) is 0 Å². The molecule has 1 fully saturated rings. The number of nitrogens with two attached hydrogens (primary N) is 1. The Labute approximate surface area is 174 Å². The highest BCUT2D eigenvalue weighted by molar-refractivity contribution is 5.67. The summed E-state index contributed by atoms with van der Waals surface area (Å²) in [5.41, 5.74) is 6.94. The van der Waals surface area contributed by atoms with Gasteiger partial charge in [0.1, 0.15) is 6.10 Å². The van der Waals surface area contributed by atoms with Gasteiger partial charge in [-0.3, -0.25) is 9.69 Å². The zero-order valence-electron chi connectivity index (χ0n) is 17.8. The van der Waals surface area contributed by atoms with Crippen LogP contribution in [0.1, 0.15) is 45.1 Å². The first-order valence-corrected chi connectivity index (χ1v) is 10.6. The van der Waals surface area contributed by atoms with Gasteiger partial charge in [0, 0.05) is 12.6 Å². The minimum atomic E-state index is -0.830. The quantitative estimate of drug-likeness (QED) is 0.407. The molecule has 7 nitrogen and oxygen atoms in total. The number of hydrogen-bond donors (Lipinski definition) is 3. The lowest BCUT2D eigenvalue weighted by Gasteiger charge is -2.26. The Morgan fingerprint density at radius 1 is 1.28 bits per heavy atom. The van der Waals surface area contributed by atoms with E-state index in [1.165, 1.54) is 5.56 Å². The number of rotatable bonds is 14. The summed E-state index contributed by atoms with van der Waals surface area (Å²) in [6.45, 7) is 8.45. The largest absolute Gasteiger partial charge is 0.481 e. The van der Waals surface area contributed by atoms with Gasteiger partial charge in [-0.25, -0.2) is 0 Å². The monoisotopic (exact) mass is 407 g/mol. The van der Waals surface area contributed by atoms with Crippen molar-refractivity contribution in [3.05, 3.63) is 35.9 Å². The molecule has 0 spiro atoms. The van der Waals surface area contributed by atoms with Crippen molar-refractivity contribution in [2.45, 2.75) is 64.0 Å². The number of carboxylic acid groups (broad SMARTS) is 1. The van der Waals surface area contributed by atoms with Crippen LogP contribution in [0.15, 0.2) is 30.3 Å². The first-order valence-electron chi connectivity index (χ1n) is 10.6. The normalized spacial score (nSPS) is 19.5. The van der Waals surface area contributed by atoms with Crippen molar-refractivity contribution in [1.82, 2.24) is 10.2 Å². The Morgan fingerprint density at radius 2 is 2.00 bits per heavy atom. The second-order valence-electron chi connectivity index (χ2n) is 8.14. The average Bonchev–Trinajstić information content (AvgIpc) is 3.04. The maximum absolute atomic E-state index is 11.3. The molecule has 0 saturated carbocycles. The van der Waals surface area contributed by atoms with Crippen molar-refractivity contribution < 1.29 is 19.4 Å². The number of nitrogens with zero attached hydrogens (tertiary/aromatic N) is 1. The van der Waals surface area contributed by atoms with Crippen molar-refractivity contribution >= 4 is 5.97 Å². The van der Waals surface area contributed by atoms with Crippen LogP contribution in [0.3, 0.4) is 0 Å². The molecule has 1 aliphatic heterocycles. The van der Waals surface area contributed by atoms with Gasteiger partial charge in [0.15, 0.2) is 5.79 Å². The van der Waals surface area contributed by atoms with Crippen molar-refractivity contribution in [2.24, 2.45) is 5.73 Å². The number of unbranched alkanes of at least 4 members (excludes halogenated alkanes) is 1. The van der Waals surface area contributed by atoms with Gasteiger partial charge in [-0.05, 0) is 64.9 Å². The predicted octanol–water partition coefficient (Wildman–Crippen LogP) is 2.20. The molecule has 1 heterocycles. The van der Waals surface area contributed by atoms with Crippen LogP contribution in [0.25, 0.3) is 0 Å². The van der Waals surface area contributed by atoms with Crippen LogP contribution in [-0.4, -0.2) is 66.7 Å². The SMILES string of the molecule is CC1(C)OC[C@H]([C@@H](CC(=O)O)NCCCN(CCCCN)Cc2ccccc2)O1. The maximum Gasteiger partial charge on any atom is 0.305 e. The minimum Gasteiger partial charge on any atom is -0.481 e. The molecule has 4 N–H and O–H groups in total. The third kappa shape index (κ3) is 9.23. The molecule has 7 heteroatoms. The van der Waals surface area contributed by atoms with Crippen LogP contribution >= 0.6 is 0 Å². The fourth-order valence-corrected chi connectivity index (χ4v) is 3.62. The number of benzene rings is 1. The molecular formula is C22H37N3O4. The first-order chi connectivity index (χ1) is 13.9. The van der Waals surface area contributed by atoms with E-state index in [4.69, 9.17) is 15.2 Å². The molecule has 164 valence electrons. The van der Waals surface area contributed by atoms with Gasteiger partial charge in [-0.2, -0.15) is 0 Å². The number of aliphatic carboxylic acids is 1. The molecule has 1 aromatic rings. The number of nitrogens with one attached hydrogen (secondary N) is 1. The van der Waals surface area contributed by atoms with Gasteiger partial charge < -0.3 is 25.6 Å². The van der Waals surface area contributed by atoms with Crippen molar-refractivity contribution in [2.75, 3.05) is 32.8 Å². The molecular weight excluding hydrogens is 370 g/mol. The number of ether oxygens (including phenoxy) is 2. The summed E-state index contributed by atoms with van der Waals surface area (Å²) in [5, 5.41) is 12.6. The third-order valence-electron chi connectivity index (χ3n) is 5.11. The Hall–Kier alpha value is -1.51. The smallest absolute Gasteiger partial charge is 0.305 e. The number of carboxylic acids is 1. The summed E-state index contributed by atoms with van der Waals surface area (Å²) in [6.07, 6.45) is 2.82. The van der Waals surface area contributed by atoms with Gasteiger partial charge in [0.05, 0.1) is 13.0 Å². The topological polar surface area (TPSA) is 97.1 Å². The van der Waals surface area contributed by atoms with E-state index in [-0.39, 0.29) is 18.6 Å². The van der Waals surface area contributed by atoms with Crippen LogP contribution in [0, 0.1) is 0 Å². The highest BCUT2D eigenvalue weighted by atomic mass is 16.7. The lowest BCUT2D eigenvalue weighted by Crippen LogP contribution is -2.44. The molecule has 29 heavy (non-hydrogen) atoms. The van der Waals surface area contributed by atoms with E-state index >= 15 is 0 Å². The van der Waals surface area contributed by atoms with Crippen LogP contribution in [0.4, 0.5) is 0 Å². The fraction of sp³-hybridized carbons (Fsp3) is 0.682. The summed E-state index contributed by atoms with van der Waals surface area (Å²) < 4.78 is 11.5. The Balaban J connectivity index is 1.81. The van der Waals surface area contributed by atoms with Crippen LogP contribution in [0.5, 0.6) is 0 Å². The maximum atomic E-state index is 11.3. The van der Waals surface area contributed by atoms with E-state index < -0.39 is 11.8 Å². The van der Waals surface area contributed by atoms with E-state index in [1.54, 1.807) is 0 Å². The van der Waals surface area contributed by atoms with Crippen LogP contribution in [-0.2, 0) is 20.8 Å². The second kappa shape index (κ2) is 12.2. The Kier molecular flexibility index (Phi) is 10.0. The zero-order valence-corrected chi connectivity index (χ0v) is 17.8. The highest BCUT2D eigenvalue weighted by Gasteiger charge is 2.37. The van der Waals surface area contributed by atoms with E-state index in [9.17, 15) is 9.90 Å². The molecule has 2 rings (SSSR count). The first kappa shape index (κ1) is 23.8. The summed E-state index contributed by atoms with van der Waals surface area (Å²) in [5.74, 6) is -1.48. The molecule has 1 aliphatic rings. The molecule has 2 atom stereocenters. The Morgan fingerprint density at radius 3 is 2.62 bits per heavy atom. The van der Waals surface area contributed by atoms with E-state index in [0.29, 0.717) is 6.61 Å². The van der Waals surface area contributed by atoms with Gasteiger partial charge in [-0.1, -0.05) is 30.3 Å². The molecule has 1 aromatic carbocycles. The second-order valence-corrected chi connectivity index (χ2v) is 8.14. The van der Waals surface area contributed by atoms with Gasteiger partial charge in [0.25, 0.3) is 0 Å². The van der Waals surface area contributed by atoms with Gasteiger partial charge in [0.2, 0.25) is 0 Å². The summed E-state index contributed by atoms with van der Waals surface area (Å²) in [7, 11) is 0. The molecule has 0 aromatic heterocycles. The van der Waals surface area contributed by atoms with E-state index in [1.807, 2.05) is 19.9 Å². The zero-order chi connectivity index (χ0) is 21.1. The Bertz CT molecular complexity index is 597. The van der Waals surface area contributed by atoms with Crippen LogP contribution < -0.4 is 11.1 Å². The highest BCUT2D eigenvalue weighted by Crippen LogP contribution is 2.25. The standard InChI is InChI=1S/C22H37N3O4/c1-22(2)28-17-20(29-22)19(15-21(26)27)24-12-8-14-25(13-7-6-11-23)16-18-9-4-3-5-10-18/h3-5,9-10,19-20,24H,6-8,11-17,23H2,1-2H3,(H,26,27)/t19-,20-/m1/s1. The summed E-state index contributed by atoms with van der Waals surface area (Å²) in [4.78, 5) is 13.7. The molecule has 0 aliphatic carbocycles. The summed E-state index contributed by atoms with van der Waals surface area (Å²) >= 11 is 0. The van der Waals surface area contributed by atoms with E-state index in [0.717, 1.165) is 52.0 Å². The fourth-order valence-electron chi connectivity index (χ4n) is 3.62. The minimum absolute atomic E-state index is 0.0222. The third-order valence-corrected chi connectivity index (χ3v) is 5.11. The number of hydrogen-bond acceptors (Lipinski definition) is 6. The molecule has 0 unspecified atom stereocenters. The summed E-state index contributed by atoms with van der Waals surface area (Å²) in [6, 6.07) is 10.2. The van der Waals surface area contributed by atoms with Crippen LogP contribution in [0.2, 0.25) is 0 Å². The molecule has 1 saturated heterocycles. The lowest BCUT2D eigenvalue weighted by molar-refractivity contribution is -0.147. The van der Waals surface area contributed by atoms with Crippen molar-refractivity contribution in [3.8, 4) is 0 Å². The van der Waals surface area contributed by atoms with Gasteiger partial charge >= 0.3 is 5.97 Å². The van der Waals surface area contributed by atoms with Crippen molar-refractivity contribution in [1.29, 1.82) is 0 Å². The molecule has 0 radical (unpaired) electrons. The van der Waals surface area contributed by atoms with Crippen molar-refractivity contribution in [3.63, 3.8) is 0 Å². The lowest BCUT2D eigenvalue weighted by atomic mass is 10.1. The molecule has 0 amide bonds. The van der Waals surface area contributed by atoms with E-state index in [2.05, 4.69) is 34.5 Å². The number of carbonyl (C=O) groups is 1. The average molecular weight is 408 g/mol. The molecule has 0 bridgehead atoms. The predicted molar refractivity (Wildman–Crippen MR) is 114 cm³/mol.